The van der Waals surface area contributed by atoms with E-state index in [0.717, 1.165) is 19.4 Å². The topological polar surface area (TPSA) is 30.9 Å². The van der Waals surface area contributed by atoms with Crippen LogP contribution in [0.4, 0.5) is 0 Å². The van der Waals surface area contributed by atoms with Gasteiger partial charge in [0, 0.05) is 24.8 Å². The highest BCUT2D eigenvalue weighted by molar-refractivity contribution is 5.80. The van der Waals surface area contributed by atoms with E-state index in [0.29, 0.717) is 6.54 Å². The van der Waals surface area contributed by atoms with Crippen LogP contribution in [0.25, 0.3) is 10.9 Å². The van der Waals surface area contributed by atoms with Gasteiger partial charge in [0.15, 0.2) is 0 Å². The number of aromatic nitrogens is 1. The van der Waals surface area contributed by atoms with Crippen molar-refractivity contribution in [2.24, 2.45) is 5.73 Å². The molecule has 84 valence electrons. The summed E-state index contributed by atoms with van der Waals surface area (Å²) in [6.07, 6.45) is 6.33. The fraction of sp³-hybridized carbons (Fsp3) is 0.286. The van der Waals surface area contributed by atoms with Crippen LogP contribution in [0.5, 0.6) is 0 Å². The first kappa shape index (κ1) is 11.0. The number of nitrogens with two attached hydrogens (primary N) is 1. The van der Waals surface area contributed by atoms with Gasteiger partial charge in [0.1, 0.15) is 0 Å². The van der Waals surface area contributed by atoms with Crippen molar-refractivity contribution in [2.75, 3.05) is 0 Å². The molecule has 0 atom stereocenters. The molecule has 0 aliphatic heterocycles. The van der Waals surface area contributed by atoms with Crippen LogP contribution in [0.2, 0.25) is 0 Å². The number of aryl methyl sites for hydroxylation is 1. The minimum atomic E-state index is 0.609. The lowest BCUT2D eigenvalue weighted by Crippen LogP contribution is -1.97. The van der Waals surface area contributed by atoms with Crippen LogP contribution < -0.4 is 5.73 Å². The Kier molecular flexibility index (Phi) is 3.42. The highest BCUT2D eigenvalue weighted by Crippen LogP contribution is 2.18. The van der Waals surface area contributed by atoms with Crippen LogP contribution in [-0.2, 0) is 13.1 Å². The van der Waals surface area contributed by atoms with Crippen molar-refractivity contribution < 1.29 is 0 Å². The maximum absolute atomic E-state index is 5.63. The zero-order chi connectivity index (χ0) is 11.4. The summed E-state index contributed by atoms with van der Waals surface area (Å²) < 4.78 is 2.29. The smallest absolute Gasteiger partial charge is 0.0480 e. The first-order chi connectivity index (χ1) is 7.85. The van der Waals surface area contributed by atoms with Crippen LogP contribution in [0.3, 0.4) is 0 Å². The Hall–Kier alpha value is -1.54. The minimum absolute atomic E-state index is 0.609. The van der Waals surface area contributed by atoms with Crippen LogP contribution in [0, 0.1) is 0 Å². The average Bonchev–Trinajstić information content (AvgIpc) is 2.72. The summed E-state index contributed by atoms with van der Waals surface area (Å²) in [5.41, 5.74) is 8.11. The molecule has 0 unspecified atom stereocenters. The van der Waals surface area contributed by atoms with E-state index in [4.69, 9.17) is 5.73 Å². The first-order valence-electron chi connectivity index (χ1n) is 5.74. The summed E-state index contributed by atoms with van der Waals surface area (Å²) in [6, 6.07) is 8.58. The zero-order valence-electron chi connectivity index (χ0n) is 9.52. The molecule has 0 bridgehead atoms. The normalized spacial score (nSPS) is 10.8. The number of allylic oxidation sites excluding steroid dienone is 1. The molecular weight excluding hydrogens is 196 g/mol. The van der Waals surface area contributed by atoms with Gasteiger partial charge in [0.05, 0.1) is 0 Å². The van der Waals surface area contributed by atoms with Crippen molar-refractivity contribution >= 4 is 10.9 Å². The maximum Gasteiger partial charge on any atom is 0.0480 e. The monoisotopic (exact) mass is 214 g/mol. The van der Waals surface area contributed by atoms with Gasteiger partial charge in [-0.05, 0) is 42.0 Å². The van der Waals surface area contributed by atoms with Crippen molar-refractivity contribution in [3.8, 4) is 0 Å². The standard InChI is InChI=1S/C14H18N2/c1-2-3-4-8-16-9-7-13-10-12(11-15)5-6-14(13)16/h2,5-7,9-10H,1,3-4,8,11,15H2. The van der Waals surface area contributed by atoms with Gasteiger partial charge < -0.3 is 10.3 Å². The molecule has 2 rings (SSSR count). The molecule has 0 fully saturated rings. The lowest BCUT2D eigenvalue weighted by atomic mass is 10.1. The molecule has 0 saturated heterocycles. The molecule has 1 aromatic carbocycles. The van der Waals surface area contributed by atoms with Gasteiger partial charge in [-0.1, -0.05) is 12.1 Å². The van der Waals surface area contributed by atoms with Gasteiger partial charge in [0.2, 0.25) is 0 Å². The highest BCUT2D eigenvalue weighted by Gasteiger charge is 2.00. The summed E-state index contributed by atoms with van der Waals surface area (Å²) in [7, 11) is 0. The second-order valence-electron chi connectivity index (χ2n) is 4.04. The number of unbranched alkanes of at least 4 members (excludes halogenated alkanes) is 1. The third-order valence-electron chi connectivity index (χ3n) is 2.88. The van der Waals surface area contributed by atoms with E-state index in [2.05, 4.69) is 41.6 Å². The van der Waals surface area contributed by atoms with Crippen molar-refractivity contribution in [3.05, 3.63) is 48.7 Å². The van der Waals surface area contributed by atoms with E-state index in [1.54, 1.807) is 0 Å². The van der Waals surface area contributed by atoms with E-state index >= 15 is 0 Å². The predicted octanol–water partition coefficient (Wildman–Crippen LogP) is 3.07. The molecule has 0 aliphatic carbocycles. The second kappa shape index (κ2) is 4.99. The Labute approximate surface area is 96.4 Å². The quantitative estimate of drug-likeness (QED) is 0.602. The molecule has 1 heterocycles. The summed E-state index contributed by atoms with van der Waals surface area (Å²) >= 11 is 0. The Morgan fingerprint density at radius 1 is 1.31 bits per heavy atom. The van der Waals surface area contributed by atoms with Gasteiger partial charge in [0.25, 0.3) is 0 Å². The van der Waals surface area contributed by atoms with Crippen molar-refractivity contribution in [1.82, 2.24) is 4.57 Å². The molecule has 0 aliphatic rings. The van der Waals surface area contributed by atoms with Gasteiger partial charge in [-0.2, -0.15) is 0 Å². The molecule has 2 heteroatoms. The highest BCUT2D eigenvalue weighted by atomic mass is 14.9. The fourth-order valence-corrected chi connectivity index (χ4v) is 1.98. The lowest BCUT2D eigenvalue weighted by Gasteiger charge is -2.04. The van der Waals surface area contributed by atoms with Crippen LogP contribution in [0.1, 0.15) is 18.4 Å². The summed E-state index contributed by atoms with van der Waals surface area (Å²) in [5.74, 6) is 0. The van der Waals surface area contributed by atoms with Gasteiger partial charge in [-0.25, -0.2) is 0 Å². The average molecular weight is 214 g/mol. The fourth-order valence-electron chi connectivity index (χ4n) is 1.98. The molecule has 0 radical (unpaired) electrons. The maximum atomic E-state index is 5.63. The van der Waals surface area contributed by atoms with E-state index in [1.807, 2.05) is 6.08 Å². The summed E-state index contributed by atoms with van der Waals surface area (Å²) in [6.45, 7) is 5.40. The third-order valence-corrected chi connectivity index (χ3v) is 2.88. The molecule has 1 aromatic heterocycles. The van der Waals surface area contributed by atoms with Crippen molar-refractivity contribution in [3.63, 3.8) is 0 Å². The molecule has 0 amide bonds. The van der Waals surface area contributed by atoms with E-state index in [1.165, 1.54) is 16.5 Å². The van der Waals surface area contributed by atoms with Crippen molar-refractivity contribution in [1.29, 1.82) is 0 Å². The Balaban J connectivity index is 2.23. The van der Waals surface area contributed by atoms with Gasteiger partial charge in [-0.3, -0.25) is 0 Å². The second-order valence-corrected chi connectivity index (χ2v) is 4.04. The molecule has 16 heavy (non-hydrogen) atoms. The number of benzene rings is 1. The molecule has 2 aromatic rings. The molecule has 2 N–H and O–H groups in total. The van der Waals surface area contributed by atoms with E-state index in [9.17, 15) is 0 Å². The zero-order valence-corrected chi connectivity index (χ0v) is 9.52. The van der Waals surface area contributed by atoms with E-state index < -0.39 is 0 Å². The predicted molar refractivity (Wildman–Crippen MR) is 69.3 cm³/mol. The largest absolute Gasteiger partial charge is 0.347 e. The number of hydrogen-bond acceptors (Lipinski definition) is 1. The Morgan fingerprint density at radius 3 is 2.94 bits per heavy atom. The van der Waals surface area contributed by atoms with Crippen LogP contribution in [0.15, 0.2) is 43.1 Å². The van der Waals surface area contributed by atoms with E-state index in [-0.39, 0.29) is 0 Å². The number of fused-ring (bicyclic) bond motifs is 1. The minimum Gasteiger partial charge on any atom is -0.347 e. The SMILES string of the molecule is C=CCCCn1ccc2cc(CN)ccc21. The van der Waals surface area contributed by atoms with Crippen LogP contribution in [-0.4, -0.2) is 4.57 Å². The van der Waals surface area contributed by atoms with Gasteiger partial charge >= 0.3 is 0 Å². The van der Waals surface area contributed by atoms with Crippen LogP contribution >= 0.6 is 0 Å². The molecule has 0 saturated carbocycles. The lowest BCUT2D eigenvalue weighted by molar-refractivity contribution is 0.671. The number of nitrogens with zero attached hydrogens (tertiary/aromatic N) is 1. The first-order valence-corrected chi connectivity index (χ1v) is 5.74. The third kappa shape index (κ3) is 2.17. The number of hydrogen-bond donors (Lipinski definition) is 1. The van der Waals surface area contributed by atoms with Gasteiger partial charge in [-0.15, -0.1) is 6.58 Å². The Bertz CT molecular complexity index is 482. The number of rotatable bonds is 5. The molecular formula is C14H18N2. The Morgan fingerprint density at radius 2 is 2.19 bits per heavy atom. The summed E-state index contributed by atoms with van der Waals surface area (Å²) in [5, 5.41) is 1.28. The van der Waals surface area contributed by atoms with Crippen molar-refractivity contribution in [2.45, 2.75) is 25.9 Å². The molecule has 0 spiro atoms. The molecule has 2 nitrogen and oxygen atoms in total. The summed E-state index contributed by atoms with van der Waals surface area (Å²) in [4.78, 5) is 0.